The van der Waals surface area contributed by atoms with Gasteiger partial charge < -0.3 is 15.3 Å². The van der Waals surface area contributed by atoms with Crippen LogP contribution in [0.25, 0.3) is 0 Å². The van der Waals surface area contributed by atoms with Crippen LogP contribution in [-0.4, -0.2) is 87.5 Å². The van der Waals surface area contributed by atoms with Crippen LogP contribution in [0.5, 0.6) is 0 Å². The van der Waals surface area contributed by atoms with E-state index in [1.807, 2.05) is 6.92 Å². The second-order valence-corrected chi connectivity index (χ2v) is 10.4. The van der Waals surface area contributed by atoms with E-state index in [0.29, 0.717) is 17.9 Å². The molecule has 0 spiro atoms. The van der Waals surface area contributed by atoms with Gasteiger partial charge in [0.1, 0.15) is 23.6 Å². The quantitative estimate of drug-likeness (QED) is 0.502. The minimum absolute atomic E-state index is 0.0682. The van der Waals surface area contributed by atoms with Crippen molar-refractivity contribution in [1.29, 1.82) is 0 Å². The van der Waals surface area contributed by atoms with Gasteiger partial charge in [0, 0.05) is 17.9 Å². The molecule has 2 aliphatic rings. The lowest BCUT2D eigenvalue weighted by Crippen LogP contribution is -2.56. The van der Waals surface area contributed by atoms with Crippen molar-refractivity contribution in [2.45, 2.75) is 35.6 Å². The molecule has 0 bridgehead atoms. The van der Waals surface area contributed by atoms with Gasteiger partial charge in [-0.3, -0.25) is 9.59 Å². The lowest BCUT2D eigenvalue weighted by Gasteiger charge is -2.43. The first-order valence-corrected chi connectivity index (χ1v) is 12.0. The van der Waals surface area contributed by atoms with E-state index in [9.17, 15) is 19.5 Å². The predicted molar refractivity (Wildman–Crippen MR) is 112 cm³/mol. The Hall–Kier alpha value is -2.52. The standard InChI is InChI=1S/C16H18N8O4S3/c1-8-19-20-16(31-8)30-6-9-5-29-13-2-10(11(25)3-24(13)14(9)15(27)28)18-12(26)4-23-7-17-21-22-23/h7,10,13H,2-6H2,1H3,(H,18,26)(H,27,28)/t10-,13+/m0/s1. The Morgan fingerprint density at radius 3 is 2.90 bits per heavy atom. The molecule has 12 nitrogen and oxygen atoms in total. The molecule has 2 aromatic rings. The largest absolute Gasteiger partial charge is 0.477 e. The zero-order valence-electron chi connectivity index (χ0n) is 16.3. The van der Waals surface area contributed by atoms with Gasteiger partial charge in [-0.2, -0.15) is 0 Å². The molecule has 2 aliphatic heterocycles. The third-order valence-corrected chi connectivity index (χ3v) is 8.09. The fraction of sp³-hybridized carbons (Fsp3) is 0.500. The summed E-state index contributed by atoms with van der Waals surface area (Å²) < 4.78 is 2.04. The molecule has 15 heteroatoms. The zero-order chi connectivity index (χ0) is 22.0. The van der Waals surface area contributed by atoms with E-state index in [1.54, 1.807) is 16.7 Å². The van der Waals surface area contributed by atoms with Gasteiger partial charge in [0.15, 0.2) is 10.1 Å². The first-order valence-electron chi connectivity index (χ1n) is 9.20. The molecule has 1 fully saturated rings. The number of nitrogens with one attached hydrogen (secondary N) is 1. The first kappa shape index (κ1) is 21.7. The van der Waals surface area contributed by atoms with Crippen LogP contribution in [0.3, 0.4) is 0 Å². The molecule has 2 atom stereocenters. The molecule has 0 aromatic carbocycles. The first-order chi connectivity index (χ1) is 14.9. The molecule has 4 rings (SSSR count). The van der Waals surface area contributed by atoms with Gasteiger partial charge in [-0.1, -0.05) is 23.1 Å². The van der Waals surface area contributed by atoms with Crippen LogP contribution in [0.1, 0.15) is 11.4 Å². The number of rotatable bonds is 7. The van der Waals surface area contributed by atoms with Crippen LogP contribution in [0, 0.1) is 6.92 Å². The number of Topliss-reactive ketones (excluding diaryl/α,β-unsaturated/α-hetero) is 1. The maximum Gasteiger partial charge on any atom is 0.352 e. The number of hydrogen-bond acceptors (Lipinski definition) is 12. The van der Waals surface area contributed by atoms with Crippen molar-refractivity contribution in [3.05, 3.63) is 22.6 Å². The number of hydrogen-bond donors (Lipinski definition) is 2. The van der Waals surface area contributed by atoms with Crippen molar-refractivity contribution in [3.8, 4) is 0 Å². The van der Waals surface area contributed by atoms with E-state index in [4.69, 9.17) is 0 Å². The fourth-order valence-electron chi connectivity index (χ4n) is 3.34. The minimum atomic E-state index is -1.05. The Morgan fingerprint density at radius 1 is 1.39 bits per heavy atom. The highest BCUT2D eigenvalue weighted by Crippen LogP contribution is 2.38. The Bertz CT molecular complexity index is 1020. The number of amides is 1. The number of ketones is 1. The molecule has 0 unspecified atom stereocenters. The Morgan fingerprint density at radius 2 is 2.23 bits per heavy atom. The normalized spacial score (nSPS) is 21.2. The van der Waals surface area contributed by atoms with Gasteiger partial charge in [0.05, 0.1) is 18.0 Å². The number of carbonyl (C=O) groups is 3. The van der Waals surface area contributed by atoms with Crippen molar-refractivity contribution in [1.82, 2.24) is 40.6 Å². The molecular weight excluding hydrogens is 464 g/mol. The Balaban J connectivity index is 1.43. The maximum atomic E-state index is 12.7. The smallest absolute Gasteiger partial charge is 0.352 e. The highest BCUT2D eigenvalue weighted by atomic mass is 32.2. The third-order valence-electron chi connectivity index (χ3n) is 4.68. The van der Waals surface area contributed by atoms with Crippen molar-refractivity contribution in [2.24, 2.45) is 0 Å². The highest BCUT2D eigenvalue weighted by Gasteiger charge is 2.41. The van der Waals surface area contributed by atoms with Crippen LogP contribution >= 0.6 is 34.9 Å². The van der Waals surface area contributed by atoms with E-state index in [-0.39, 0.29) is 35.9 Å². The number of carboxylic acids is 1. The summed E-state index contributed by atoms with van der Waals surface area (Å²) in [6.45, 7) is 1.70. The fourth-order valence-corrected chi connectivity index (χ4v) is 6.61. The van der Waals surface area contributed by atoms with Gasteiger partial charge >= 0.3 is 5.97 Å². The van der Waals surface area contributed by atoms with E-state index in [0.717, 1.165) is 14.9 Å². The van der Waals surface area contributed by atoms with Crippen molar-refractivity contribution < 1.29 is 19.5 Å². The van der Waals surface area contributed by atoms with Crippen LogP contribution in [0.4, 0.5) is 0 Å². The third kappa shape index (κ3) is 5.04. The number of fused-ring (bicyclic) bond motifs is 1. The molecular formula is C16H18N8O4S3. The molecule has 31 heavy (non-hydrogen) atoms. The molecule has 1 amide bonds. The molecule has 2 N–H and O–H groups in total. The van der Waals surface area contributed by atoms with Gasteiger partial charge in [-0.05, 0) is 22.9 Å². The topological polar surface area (TPSA) is 156 Å². The number of piperidine rings is 1. The van der Waals surface area contributed by atoms with Crippen LogP contribution < -0.4 is 5.32 Å². The average molecular weight is 483 g/mol. The van der Waals surface area contributed by atoms with Crippen molar-refractivity contribution in [3.63, 3.8) is 0 Å². The summed E-state index contributed by atoms with van der Waals surface area (Å²) in [7, 11) is 0. The molecule has 4 heterocycles. The van der Waals surface area contributed by atoms with Crippen molar-refractivity contribution >= 4 is 52.5 Å². The SMILES string of the molecule is Cc1nnc(SCC2=C(C(=O)O)N3CC(=O)[C@@H](NC(=O)Cn4cnnn4)C[C@H]3SC2)s1. The average Bonchev–Trinajstić information content (AvgIpc) is 3.38. The summed E-state index contributed by atoms with van der Waals surface area (Å²) in [6.07, 6.45) is 1.64. The Labute approximate surface area is 188 Å². The van der Waals surface area contributed by atoms with E-state index in [2.05, 4.69) is 31.0 Å². The molecule has 0 aliphatic carbocycles. The second kappa shape index (κ2) is 9.32. The van der Waals surface area contributed by atoms with Gasteiger partial charge in [0.2, 0.25) is 5.91 Å². The van der Waals surface area contributed by atoms with E-state index >= 15 is 0 Å². The van der Waals surface area contributed by atoms with Gasteiger partial charge in [0.25, 0.3) is 0 Å². The minimum Gasteiger partial charge on any atom is -0.477 e. The lowest BCUT2D eigenvalue weighted by molar-refractivity contribution is -0.136. The highest BCUT2D eigenvalue weighted by molar-refractivity contribution is 8.01. The number of aliphatic carboxylic acids is 1. The summed E-state index contributed by atoms with van der Waals surface area (Å²) in [6, 6.07) is -0.673. The number of aryl methyl sites for hydroxylation is 1. The number of thioether (sulfide) groups is 2. The summed E-state index contributed by atoms with van der Waals surface area (Å²) in [5.74, 6) is -0.657. The maximum absolute atomic E-state index is 12.7. The predicted octanol–water partition coefficient (Wildman–Crippen LogP) is -0.203. The van der Waals surface area contributed by atoms with Crippen molar-refractivity contribution in [2.75, 3.05) is 18.1 Å². The van der Waals surface area contributed by atoms with E-state index in [1.165, 1.54) is 34.1 Å². The second-order valence-electron chi connectivity index (χ2n) is 6.86. The zero-order valence-corrected chi connectivity index (χ0v) is 18.7. The van der Waals surface area contributed by atoms with Crippen LogP contribution in [0.15, 0.2) is 21.9 Å². The number of tetrazole rings is 1. The lowest BCUT2D eigenvalue weighted by atomic mass is 10.0. The molecule has 2 aromatic heterocycles. The number of carboxylic acid groups (broad SMARTS) is 1. The van der Waals surface area contributed by atoms with Gasteiger partial charge in [-0.25, -0.2) is 9.48 Å². The number of nitrogens with zero attached hydrogens (tertiary/aromatic N) is 7. The number of aromatic nitrogens is 6. The summed E-state index contributed by atoms with van der Waals surface area (Å²) in [5.41, 5.74) is 0.921. The van der Waals surface area contributed by atoms with Gasteiger partial charge in [-0.15, -0.1) is 27.1 Å². The molecule has 1 saturated heterocycles. The Kier molecular flexibility index (Phi) is 6.52. The molecule has 0 radical (unpaired) electrons. The number of carbonyl (C=O) groups excluding carboxylic acids is 2. The van der Waals surface area contributed by atoms with Crippen LogP contribution in [0.2, 0.25) is 0 Å². The molecule has 164 valence electrons. The summed E-state index contributed by atoms with van der Waals surface area (Å²) in [4.78, 5) is 38.6. The summed E-state index contributed by atoms with van der Waals surface area (Å²) >= 11 is 4.47. The summed E-state index contributed by atoms with van der Waals surface area (Å²) in [5, 5.41) is 31.8. The van der Waals surface area contributed by atoms with E-state index < -0.39 is 12.0 Å². The van der Waals surface area contributed by atoms with Crippen LogP contribution in [-0.2, 0) is 20.9 Å². The monoisotopic (exact) mass is 482 g/mol. The molecule has 0 saturated carbocycles.